The Morgan fingerprint density at radius 1 is 0.907 bits per heavy atom. The maximum atomic E-state index is 13.7. The Hall–Kier alpha value is -4.58. The van der Waals surface area contributed by atoms with Crippen molar-refractivity contribution in [1.29, 1.82) is 0 Å². The van der Waals surface area contributed by atoms with E-state index in [9.17, 15) is 9.59 Å². The van der Waals surface area contributed by atoms with Gasteiger partial charge >= 0.3 is 5.97 Å². The minimum absolute atomic E-state index is 0.150. The summed E-state index contributed by atoms with van der Waals surface area (Å²) in [4.78, 5) is 31.7. The van der Waals surface area contributed by atoms with Gasteiger partial charge in [-0.05, 0) is 89.6 Å². The first-order valence-electron chi connectivity index (χ1n) is 15.1. The molecule has 4 aliphatic rings. The number of ketones is 1. The van der Waals surface area contributed by atoms with Crippen molar-refractivity contribution in [3.8, 4) is 11.5 Å². The topological polar surface area (TPSA) is 59.1 Å². The van der Waals surface area contributed by atoms with Gasteiger partial charge in [0.05, 0.1) is 11.1 Å². The lowest BCUT2D eigenvalue weighted by molar-refractivity contribution is -0.146. The third-order valence-electron chi connectivity index (χ3n) is 9.38. The van der Waals surface area contributed by atoms with Crippen LogP contribution in [0.2, 0.25) is 0 Å². The van der Waals surface area contributed by atoms with E-state index in [2.05, 4.69) is 93.8 Å². The summed E-state index contributed by atoms with van der Waals surface area (Å²) in [6.07, 6.45) is 7.18. The van der Waals surface area contributed by atoms with Crippen LogP contribution in [-0.4, -0.2) is 30.4 Å². The van der Waals surface area contributed by atoms with Crippen LogP contribution in [0.4, 0.5) is 17.1 Å². The van der Waals surface area contributed by atoms with Gasteiger partial charge in [-0.25, -0.2) is 4.79 Å². The van der Waals surface area contributed by atoms with Gasteiger partial charge in [-0.1, -0.05) is 35.9 Å². The van der Waals surface area contributed by atoms with Gasteiger partial charge in [0.2, 0.25) is 0 Å². The predicted molar refractivity (Wildman–Crippen MR) is 170 cm³/mol. The first-order chi connectivity index (χ1) is 20.6. The van der Waals surface area contributed by atoms with Crippen LogP contribution in [0.5, 0.6) is 11.5 Å². The molecule has 3 aromatic rings. The molecule has 3 heterocycles. The van der Waals surface area contributed by atoms with Gasteiger partial charge in [0.25, 0.3) is 0 Å². The second-order valence-electron chi connectivity index (χ2n) is 12.4. The Bertz CT molecular complexity index is 1790. The number of fused-ring (bicyclic) bond motifs is 7. The molecule has 3 aromatic carbocycles. The Balaban J connectivity index is 1.47. The van der Waals surface area contributed by atoms with Crippen molar-refractivity contribution in [2.75, 3.05) is 22.9 Å². The Morgan fingerprint density at radius 3 is 2.35 bits per heavy atom. The number of ether oxygens (including phenoxy) is 2. The van der Waals surface area contributed by atoms with Gasteiger partial charge in [0.15, 0.2) is 11.4 Å². The molecule has 218 valence electrons. The maximum absolute atomic E-state index is 13.7. The van der Waals surface area contributed by atoms with Crippen molar-refractivity contribution in [3.63, 3.8) is 0 Å². The second kappa shape index (κ2) is 9.46. The highest BCUT2D eigenvalue weighted by atomic mass is 16.6. The van der Waals surface area contributed by atoms with E-state index in [-0.39, 0.29) is 11.3 Å². The smallest absolute Gasteiger partial charge is 0.336 e. The number of hydrogen-bond acceptors (Lipinski definition) is 6. The minimum atomic E-state index is -1.35. The van der Waals surface area contributed by atoms with E-state index in [1.807, 2.05) is 18.2 Å². The number of nitrogens with zero attached hydrogens (tertiary/aromatic N) is 2. The van der Waals surface area contributed by atoms with E-state index >= 15 is 0 Å². The van der Waals surface area contributed by atoms with Crippen molar-refractivity contribution < 1.29 is 19.1 Å². The van der Waals surface area contributed by atoms with Crippen molar-refractivity contribution in [2.45, 2.75) is 52.7 Å². The molecule has 0 amide bonds. The molecule has 2 atom stereocenters. The fourth-order valence-electron chi connectivity index (χ4n) is 7.51. The standard InChI is InChI=1S/C37H36N2O4/c1-7-38(24-14-12-22(3)13-15-24)25-16-17-28-32(18-25)42-33-19-27-23(4)21-36(5,6)39(8-2)30(27)20-29(33)37(28)34-26(35(41)43-37)10-9-11-31(34)40/h9-21,34H,7-8H2,1-6H3. The molecule has 0 saturated carbocycles. The van der Waals surface area contributed by atoms with E-state index in [1.165, 1.54) is 5.56 Å². The number of anilines is 3. The molecule has 3 aliphatic heterocycles. The number of benzene rings is 3. The largest absolute Gasteiger partial charge is 0.456 e. The maximum Gasteiger partial charge on any atom is 0.336 e. The first kappa shape index (κ1) is 27.3. The van der Waals surface area contributed by atoms with Crippen LogP contribution in [-0.2, 0) is 19.9 Å². The molecule has 1 fully saturated rings. The summed E-state index contributed by atoms with van der Waals surface area (Å²) in [5.41, 5.74) is 6.68. The molecule has 7 rings (SSSR count). The number of likely N-dealkylation sites (N-methyl/N-ethyl adjacent to an activating group) is 1. The molecule has 1 aliphatic carbocycles. The van der Waals surface area contributed by atoms with E-state index < -0.39 is 17.5 Å². The highest BCUT2D eigenvalue weighted by Gasteiger charge is 2.62. The normalized spacial score (nSPS) is 22.6. The molecular weight excluding hydrogens is 536 g/mol. The lowest BCUT2D eigenvalue weighted by Gasteiger charge is -2.45. The van der Waals surface area contributed by atoms with Crippen LogP contribution in [0.1, 0.15) is 56.9 Å². The SMILES string of the molecule is CCN(c1ccc(C)cc1)c1ccc2c(c1)Oc1cc3c(cc1C21OC(=O)C2=CC=CC(=O)C21)N(CC)C(C)(C)C=C3C. The molecule has 43 heavy (non-hydrogen) atoms. The fourth-order valence-corrected chi connectivity index (χ4v) is 7.51. The lowest BCUT2D eigenvalue weighted by Crippen LogP contribution is -2.46. The fraction of sp³-hybridized carbons (Fsp3) is 0.297. The summed E-state index contributed by atoms with van der Waals surface area (Å²) in [6.45, 7) is 14.4. The summed E-state index contributed by atoms with van der Waals surface area (Å²) < 4.78 is 13.2. The molecule has 6 nitrogen and oxygen atoms in total. The molecule has 2 unspecified atom stereocenters. The minimum Gasteiger partial charge on any atom is -0.456 e. The summed E-state index contributed by atoms with van der Waals surface area (Å²) >= 11 is 0. The number of rotatable bonds is 4. The Labute approximate surface area is 252 Å². The summed E-state index contributed by atoms with van der Waals surface area (Å²) in [6, 6.07) is 18.6. The van der Waals surface area contributed by atoms with Crippen LogP contribution in [0.3, 0.4) is 0 Å². The zero-order valence-corrected chi connectivity index (χ0v) is 25.5. The lowest BCUT2D eigenvalue weighted by atomic mass is 9.69. The van der Waals surface area contributed by atoms with Crippen molar-refractivity contribution in [2.24, 2.45) is 5.92 Å². The van der Waals surface area contributed by atoms with Gasteiger partial charge in [-0.15, -0.1) is 0 Å². The van der Waals surface area contributed by atoms with Gasteiger partial charge in [0, 0.05) is 52.9 Å². The van der Waals surface area contributed by atoms with Gasteiger partial charge in [-0.3, -0.25) is 4.79 Å². The predicted octanol–water partition coefficient (Wildman–Crippen LogP) is 7.76. The van der Waals surface area contributed by atoms with Crippen LogP contribution in [0.25, 0.3) is 5.57 Å². The quantitative estimate of drug-likeness (QED) is 0.298. The molecule has 1 spiro atoms. The molecule has 1 saturated heterocycles. The molecule has 0 bridgehead atoms. The highest BCUT2D eigenvalue weighted by molar-refractivity contribution is 6.08. The van der Waals surface area contributed by atoms with Crippen LogP contribution >= 0.6 is 0 Å². The number of carbonyl (C=O) groups excluding carboxylic acids is 2. The van der Waals surface area contributed by atoms with E-state index in [0.717, 1.165) is 41.3 Å². The van der Waals surface area contributed by atoms with E-state index in [1.54, 1.807) is 18.2 Å². The van der Waals surface area contributed by atoms with Gasteiger partial charge in [-0.2, -0.15) is 0 Å². The second-order valence-corrected chi connectivity index (χ2v) is 12.4. The average molecular weight is 573 g/mol. The zero-order chi connectivity index (χ0) is 30.3. The van der Waals surface area contributed by atoms with Crippen molar-refractivity contribution >= 4 is 34.4 Å². The summed E-state index contributed by atoms with van der Waals surface area (Å²) in [5, 5.41) is 0. The number of hydrogen-bond donors (Lipinski definition) is 0. The molecule has 0 aromatic heterocycles. The van der Waals surface area contributed by atoms with Gasteiger partial charge < -0.3 is 19.3 Å². The number of allylic oxidation sites excluding steroid dienone is 4. The Kier molecular flexibility index (Phi) is 6.00. The number of aryl methyl sites for hydroxylation is 1. The first-order valence-corrected chi connectivity index (χ1v) is 15.1. The third-order valence-corrected chi connectivity index (χ3v) is 9.38. The molecule has 0 radical (unpaired) electrons. The van der Waals surface area contributed by atoms with E-state index in [0.29, 0.717) is 28.2 Å². The molecular formula is C37H36N2O4. The zero-order valence-electron chi connectivity index (χ0n) is 25.5. The molecule has 6 heteroatoms. The van der Waals surface area contributed by atoms with Crippen LogP contribution in [0, 0.1) is 12.8 Å². The number of esters is 1. The molecule has 0 N–H and O–H groups in total. The van der Waals surface area contributed by atoms with E-state index in [4.69, 9.17) is 9.47 Å². The monoisotopic (exact) mass is 572 g/mol. The van der Waals surface area contributed by atoms with Crippen LogP contribution in [0.15, 0.2) is 84.5 Å². The third kappa shape index (κ3) is 3.85. The van der Waals surface area contributed by atoms with Crippen molar-refractivity contribution in [3.05, 3.63) is 107 Å². The van der Waals surface area contributed by atoms with Crippen LogP contribution < -0.4 is 14.5 Å². The summed E-state index contributed by atoms with van der Waals surface area (Å²) in [7, 11) is 0. The average Bonchev–Trinajstić information content (AvgIpc) is 3.27. The summed E-state index contributed by atoms with van der Waals surface area (Å²) in [5.74, 6) is -0.249. The Morgan fingerprint density at radius 2 is 1.63 bits per heavy atom. The number of carbonyl (C=O) groups is 2. The van der Waals surface area contributed by atoms with Gasteiger partial charge in [0.1, 0.15) is 17.4 Å². The highest BCUT2D eigenvalue weighted by Crippen LogP contribution is 2.60. The van der Waals surface area contributed by atoms with Crippen molar-refractivity contribution in [1.82, 2.24) is 0 Å².